The highest BCUT2D eigenvalue weighted by Crippen LogP contribution is 2.15. The highest BCUT2D eigenvalue weighted by atomic mass is 15.1. The summed E-state index contributed by atoms with van der Waals surface area (Å²) in [5, 5.41) is 13.1. The van der Waals surface area contributed by atoms with Gasteiger partial charge in [-0.2, -0.15) is 5.26 Å². The van der Waals surface area contributed by atoms with Gasteiger partial charge in [-0.05, 0) is 23.2 Å². The molecule has 0 aliphatic heterocycles. The Hall–Kier alpha value is -2.57. The standard InChI is InChI=1S/C11H7N5/c12-5-9-3-10-2-1-8(7-15-16-13)4-11(10)14-6-9/h1-4,6H,7H2. The van der Waals surface area contributed by atoms with E-state index in [-0.39, 0.29) is 0 Å². The maximum absolute atomic E-state index is 8.72. The molecular weight excluding hydrogens is 202 g/mol. The van der Waals surface area contributed by atoms with Crippen molar-refractivity contribution in [3.05, 3.63) is 52.0 Å². The Kier molecular flexibility index (Phi) is 2.68. The molecule has 0 aliphatic rings. The van der Waals surface area contributed by atoms with Crippen LogP contribution in [0.5, 0.6) is 0 Å². The average Bonchev–Trinajstić information content (AvgIpc) is 2.35. The van der Waals surface area contributed by atoms with Gasteiger partial charge in [0.05, 0.1) is 17.6 Å². The molecule has 0 saturated heterocycles. The Bertz CT molecular complexity index is 620. The van der Waals surface area contributed by atoms with E-state index in [1.807, 2.05) is 24.3 Å². The molecule has 0 saturated carbocycles. The van der Waals surface area contributed by atoms with Crippen LogP contribution in [-0.4, -0.2) is 4.98 Å². The Labute approximate surface area is 91.6 Å². The third kappa shape index (κ3) is 1.92. The van der Waals surface area contributed by atoms with Gasteiger partial charge < -0.3 is 0 Å². The second kappa shape index (κ2) is 4.30. The van der Waals surface area contributed by atoms with Crippen molar-refractivity contribution < 1.29 is 0 Å². The lowest BCUT2D eigenvalue weighted by molar-refractivity contribution is 1.05. The van der Waals surface area contributed by atoms with E-state index in [1.165, 1.54) is 6.20 Å². The molecule has 1 aromatic heterocycles. The zero-order valence-corrected chi connectivity index (χ0v) is 8.33. The number of benzene rings is 1. The van der Waals surface area contributed by atoms with Gasteiger partial charge in [0.25, 0.3) is 0 Å². The number of pyridine rings is 1. The Balaban J connectivity index is 2.48. The summed E-state index contributed by atoms with van der Waals surface area (Å²) in [7, 11) is 0. The number of fused-ring (bicyclic) bond motifs is 1. The van der Waals surface area contributed by atoms with Gasteiger partial charge in [-0.25, -0.2) is 0 Å². The van der Waals surface area contributed by atoms with Crippen molar-refractivity contribution in [2.75, 3.05) is 0 Å². The topological polar surface area (TPSA) is 85.4 Å². The van der Waals surface area contributed by atoms with E-state index in [4.69, 9.17) is 10.8 Å². The minimum atomic E-state index is 0.314. The highest BCUT2D eigenvalue weighted by molar-refractivity contribution is 5.80. The molecule has 0 radical (unpaired) electrons. The molecule has 0 bridgehead atoms. The van der Waals surface area contributed by atoms with Crippen molar-refractivity contribution in [3.8, 4) is 6.07 Å². The van der Waals surface area contributed by atoms with Crippen LogP contribution in [0.1, 0.15) is 11.1 Å². The van der Waals surface area contributed by atoms with Crippen molar-refractivity contribution in [2.45, 2.75) is 6.54 Å². The zero-order chi connectivity index (χ0) is 11.4. The number of azide groups is 1. The third-order valence-electron chi connectivity index (χ3n) is 2.19. The maximum Gasteiger partial charge on any atom is 0.101 e. The molecule has 0 unspecified atom stereocenters. The molecule has 1 heterocycles. The summed E-state index contributed by atoms with van der Waals surface area (Å²) >= 11 is 0. The highest BCUT2D eigenvalue weighted by Gasteiger charge is 1.98. The Morgan fingerprint density at radius 1 is 1.44 bits per heavy atom. The third-order valence-corrected chi connectivity index (χ3v) is 2.19. The lowest BCUT2D eigenvalue weighted by Gasteiger charge is -2.00. The number of nitriles is 1. The van der Waals surface area contributed by atoms with Crippen LogP contribution in [-0.2, 0) is 6.54 Å². The molecule has 0 aliphatic carbocycles. The molecule has 5 heteroatoms. The fraction of sp³-hybridized carbons (Fsp3) is 0.0909. The molecular formula is C11H7N5. The zero-order valence-electron chi connectivity index (χ0n) is 8.33. The Morgan fingerprint density at radius 2 is 2.31 bits per heavy atom. The van der Waals surface area contributed by atoms with Crippen LogP contribution in [0.4, 0.5) is 0 Å². The van der Waals surface area contributed by atoms with Gasteiger partial charge in [0.2, 0.25) is 0 Å². The maximum atomic E-state index is 8.72. The molecule has 1 aromatic carbocycles. The molecule has 2 rings (SSSR count). The van der Waals surface area contributed by atoms with Crippen LogP contribution in [0, 0.1) is 11.3 Å². The van der Waals surface area contributed by atoms with Crippen molar-refractivity contribution in [3.63, 3.8) is 0 Å². The summed E-state index contributed by atoms with van der Waals surface area (Å²) in [5.74, 6) is 0. The Morgan fingerprint density at radius 3 is 3.06 bits per heavy atom. The average molecular weight is 209 g/mol. The number of aromatic nitrogens is 1. The molecule has 2 aromatic rings. The lowest BCUT2D eigenvalue weighted by atomic mass is 10.1. The first kappa shape index (κ1) is 9.97. The van der Waals surface area contributed by atoms with Gasteiger partial charge in [-0.1, -0.05) is 17.2 Å². The van der Waals surface area contributed by atoms with Gasteiger partial charge in [-0.3, -0.25) is 4.98 Å². The first-order valence-corrected chi connectivity index (χ1v) is 4.63. The van der Waals surface area contributed by atoms with Crippen LogP contribution in [0.3, 0.4) is 0 Å². The second-order valence-corrected chi connectivity index (χ2v) is 3.25. The second-order valence-electron chi connectivity index (χ2n) is 3.25. The van der Waals surface area contributed by atoms with E-state index in [0.717, 1.165) is 16.5 Å². The molecule has 0 spiro atoms. The van der Waals surface area contributed by atoms with Gasteiger partial charge in [0, 0.05) is 16.5 Å². The van der Waals surface area contributed by atoms with E-state index in [1.54, 1.807) is 6.07 Å². The summed E-state index contributed by atoms with van der Waals surface area (Å²) in [6, 6.07) is 9.40. The molecule has 5 nitrogen and oxygen atoms in total. The molecule has 16 heavy (non-hydrogen) atoms. The molecule has 0 amide bonds. The number of rotatable bonds is 2. The molecule has 0 atom stereocenters. The summed E-state index contributed by atoms with van der Waals surface area (Å²) in [4.78, 5) is 6.86. The fourth-order valence-electron chi connectivity index (χ4n) is 1.44. The lowest BCUT2D eigenvalue weighted by Crippen LogP contribution is -1.85. The predicted molar refractivity (Wildman–Crippen MR) is 59.3 cm³/mol. The van der Waals surface area contributed by atoms with Crippen LogP contribution >= 0.6 is 0 Å². The van der Waals surface area contributed by atoms with Crippen LogP contribution in [0.2, 0.25) is 0 Å². The summed E-state index contributed by atoms with van der Waals surface area (Å²) in [5.41, 5.74) is 10.5. The fourth-order valence-corrected chi connectivity index (χ4v) is 1.44. The van der Waals surface area contributed by atoms with E-state index in [2.05, 4.69) is 15.0 Å². The van der Waals surface area contributed by atoms with Gasteiger partial charge in [0.15, 0.2) is 0 Å². The molecule has 0 fully saturated rings. The SMILES string of the molecule is N#Cc1cnc2cc(CN=[N+]=[N-])ccc2c1. The summed E-state index contributed by atoms with van der Waals surface area (Å²) in [6.07, 6.45) is 1.53. The van der Waals surface area contributed by atoms with Crippen molar-refractivity contribution in [2.24, 2.45) is 5.11 Å². The van der Waals surface area contributed by atoms with E-state index < -0.39 is 0 Å². The van der Waals surface area contributed by atoms with Gasteiger partial charge in [-0.15, -0.1) is 0 Å². The smallest absolute Gasteiger partial charge is 0.101 e. The predicted octanol–water partition coefficient (Wildman–Crippen LogP) is 2.92. The summed E-state index contributed by atoms with van der Waals surface area (Å²) < 4.78 is 0. The number of nitrogens with zero attached hydrogens (tertiary/aromatic N) is 5. The van der Waals surface area contributed by atoms with Gasteiger partial charge >= 0.3 is 0 Å². The van der Waals surface area contributed by atoms with Crippen LogP contribution < -0.4 is 0 Å². The molecule has 0 N–H and O–H groups in total. The van der Waals surface area contributed by atoms with E-state index in [9.17, 15) is 0 Å². The van der Waals surface area contributed by atoms with E-state index in [0.29, 0.717) is 12.1 Å². The van der Waals surface area contributed by atoms with Gasteiger partial charge in [0.1, 0.15) is 6.07 Å². The van der Waals surface area contributed by atoms with Crippen molar-refractivity contribution >= 4 is 10.9 Å². The normalized spacial score (nSPS) is 9.44. The quantitative estimate of drug-likeness (QED) is 0.432. The minimum Gasteiger partial charge on any atom is -0.255 e. The monoisotopic (exact) mass is 209 g/mol. The van der Waals surface area contributed by atoms with Crippen molar-refractivity contribution in [1.29, 1.82) is 5.26 Å². The number of hydrogen-bond acceptors (Lipinski definition) is 3. The van der Waals surface area contributed by atoms with Crippen LogP contribution in [0.15, 0.2) is 35.6 Å². The van der Waals surface area contributed by atoms with Crippen LogP contribution in [0.25, 0.3) is 21.3 Å². The first-order chi connectivity index (χ1) is 7.83. The minimum absolute atomic E-state index is 0.314. The first-order valence-electron chi connectivity index (χ1n) is 4.63. The van der Waals surface area contributed by atoms with Crippen molar-refractivity contribution in [1.82, 2.24) is 4.98 Å². The largest absolute Gasteiger partial charge is 0.255 e. The molecule has 76 valence electrons. The number of hydrogen-bond donors (Lipinski definition) is 0. The summed E-state index contributed by atoms with van der Waals surface area (Å²) in [6.45, 7) is 0.314. The van der Waals surface area contributed by atoms with E-state index >= 15 is 0 Å².